The minimum absolute atomic E-state index is 0.713. The third kappa shape index (κ3) is 9.71. The first-order chi connectivity index (χ1) is 26.8. The van der Waals surface area contributed by atoms with Crippen LogP contribution in [-0.4, -0.2) is 251 Å². The fourth-order valence-electron chi connectivity index (χ4n) is 7.26. The number of hydrogen-bond donors (Lipinski definition) is 15. The molecule has 1 amide bonds. The quantitative estimate of drug-likeness (QED) is 0.0867. The third-order valence-electron chi connectivity index (χ3n) is 10.6. The van der Waals surface area contributed by atoms with Gasteiger partial charge in [0.15, 0.2) is 31.5 Å². The summed E-state index contributed by atoms with van der Waals surface area (Å²) in [5.41, 5.74) is 0. The van der Waals surface area contributed by atoms with Crippen LogP contribution in [0.1, 0.15) is 20.8 Å². The highest BCUT2D eigenvalue weighted by atomic mass is 16.8. The molecule has 5 aliphatic rings. The molecule has 0 aromatic heterocycles. The summed E-state index contributed by atoms with van der Waals surface area (Å²) in [6, 6.07) is -1.53. The van der Waals surface area contributed by atoms with Crippen LogP contribution in [0.5, 0.6) is 0 Å². The van der Waals surface area contributed by atoms with E-state index < -0.39 is 179 Å². The van der Waals surface area contributed by atoms with E-state index in [2.05, 4.69) is 5.32 Å². The molecule has 5 saturated heterocycles. The molecule has 0 aromatic carbocycles. The molecule has 25 nitrogen and oxygen atoms in total. The van der Waals surface area contributed by atoms with E-state index in [0.717, 1.165) is 6.92 Å². The Morgan fingerprint density at radius 2 is 0.825 bits per heavy atom. The monoisotopic (exact) mass is 837 g/mol. The number of ether oxygens (including phenoxy) is 9. The maximum absolute atomic E-state index is 12.0. The van der Waals surface area contributed by atoms with Gasteiger partial charge < -0.3 is 119 Å². The Morgan fingerprint density at radius 1 is 0.456 bits per heavy atom. The van der Waals surface area contributed by atoms with Gasteiger partial charge in [-0.05, 0) is 13.8 Å². The van der Waals surface area contributed by atoms with Gasteiger partial charge in [0.1, 0.15) is 110 Å². The molecule has 5 fully saturated rings. The lowest BCUT2D eigenvalue weighted by atomic mass is 9.95. The SMILES string of the molecule is CC(=O)N[C@@H]1[C@@H](O[C@H]2O[C@H](CO)[C@H](O)[C@H](O)[C@H]2O[C@@H]2O[C@@H](C)[C@H](O)[C@@H](O)[C@H]2O[C@@H]2O[C@@H](C)[C@H](O)[C@@H](O)[C@H]2O[C@H]2O[C@H](CO)[C@@H](O)[C@H](O)[C@H]2O)[C@@H](O)[C@@H](CO)O[C@H]1O. The van der Waals surface area contributed by atoms with Gasteiger partial charge in [-0.1, -0.05) is 0 Å². The Morgan fingerprint density at radius 3 is 1.28 bits per heavy atom. The zero-order chi connectivity index (χ0) is 42.2. The Kier molecular flexibility index (Phi) is 16.0. The van der Waals surface area contributed by atoms with E-state index in [1.54, 1.807) is 0 Å². The minimum Gasteiger partial charge on any atom is -0.394 e. The van der Waals surface area contributed by atoms with Gasteiger partial charge >= 0.3 is 0 Å². The van der Waals surface area contributed by atoms with Crippen molar-refractivity contribution in [1.29, 1.82) is 0 Å². The topological polar surface area (TPSA) is 395 Å². The van der Waals surface area contributed by atoms with E-state index in [0.29, 0.717) is 0 Å². The summed E-state index contributed by atoms with van der Waals surface area (Å²) < 4.78 is 51.5. The van der Waals surface area contributed by atoms with Crippen LogP contribution < -0.4 is 5.32 Å². The Balaban J connectivity index is 1.45. The van der Waals surface area contributed by atoms with Gasteiger partial charge in [-0.3, -0.25) is 4.79 Å². The first-order valence-electron chi connectivity index (χ1n) is 18.3. The zero-order valence-electron chi connectivity index (χ0n) is 30.9. The highest BCUT2D eigenvalue weighted by Crippen LogP contribution is 2.36. The summed E-state index contributed by atoms with van der Waals surface area (Å²) >= 11 is 0. The molecule has 0 unspecified atom stereocenters. The first kappa shape index (κ1) is 46.6. The maximum Gasteiger partial charge on any atom is 0.217 e. The standard InChI is InChI=1S/C32H55NO24/c1-7-14(38)20(44)25(55-29-23(47)19(43)16(40)10(4-34)52-29)30(49-7)56-26-21(45)15(39)8(2)50-31(26)57-27-22(46)17(41)11(5-35)53-32(27)54-24-13(33-9(3)37)28(48)51-12(6-36)18(24)42/h7-8,10-32,34-36,38-48H,4-6H2,1-3H3,(H,33,37)/t7-,8-,10+,11+,12+,13+,14-,15-,16+,17-,18-,19-,20+,21+,22-,23+,24+,25+,26+,27+,28+,29+,30-,31-,32+/m0/s1. The third-order valence-corrected chi connectivity index (χ3v) is 10.6. The molecule has 0 aliphatic carbocycles. The minimum atomic E-state index is -2.04. The normalized spacial score (nSPS) is 52.3. The van der Waals surface area contributed by atoms with Crippen LogP contribution in [0.3, 0.4) is 0 Å². The molecular formula is C32H55NO24. The predicted molar refractivity (Wildman–Crippen MR) is 175 cm³/mol. The van der Waals surface area contributed by atoms with Crippen LogP contribution in [0.15, 0.2) is 0 Å². The lowest BCUT2D eigenvalue weighted by molar-refractivity contribution is -0.407. The fraction of sp³-hybridized carbons (Fsp3) is 0.969. The molecule has 0 radical (unpaired) electrons. The van der Waals surface area contributed by atoms with Crippen molar-refractivity contribution in [3.05, 3.63) is 0 Å². The summed E-state index contributed by atoms with van der Waals surface area (Å²) in [4.78, 5) is 12.0. The molecule has 5 rings (SSSR count). The molecular weight excluding hydrogens is 782 g/mol. The second-order valence-electron chi connectivity index (χ2n) is 14.7. The molecule has 332 valence electrons. The van der Waals surface area contributed by atoms with Crippen molar-refractivity contribution < 1.29 is 119 Å². The molecule has 0 spiro atoms. The van der Waals surface area contributed by atoms with Crippen LogP contribution in [0.4, 0.5) is 0 Å². The number of carbonyl (C=O) groups excluding carboxylic acids is 1. The largest absolute Gasteiger partial charge is 0.394 e. The summed E-state index contributed by atoms with van der Waals surface area (Å²) in [6.07, 6.45) is -42.5. The van der Waals surface area contributed by atoms with Crippen LogP contribution >= 0.6 is 0 Å². The number of rotatable bonds is 12. The molecule has 25 heteroatoms. The number of aliphatic hydroxyl groups is 14. The molecule has 5 aliphatic heterocycles. The van der Waals surface area contributed by atoms with Crippen molar-refractivity contribution in [1.82, 2.24) is 5.32 Å². The summed E-state index contributed by atoms with van der Waals surface area (Å²) in [6.45, 7) is 1.15. The zero-order valence-corrected chi connectivity index (χ0v) is 30.9. The van der Waals surface area contributed by atoms with Crippen LogP contribution in [0.2, 0.25) is 0 Å². The second kappa shape index (κ2) is 19.5. The summed E-state index contributed by atoms with van der Waals surface area (Å²) in [5.74, 6) is -0.713. The number of carbonyl (C=O) groups is 1. The number of amides is 1. The van der Waals surface area contributed by atoms with Crippen molar-refractivity contribution in [3.8, 4) is 0 Å². The molecule has 57 heavy (non-hydrogen) atoms. The van der Waals surface area contributed by atoms with Gasteiger partial charge in [0.2, 0.25) is 5.91 Å². The van der Waals surface area contributed by atoms with E-state index in [1.807, 2.05) is 0 Å². The van der Waals surface area contributed by atoms with E-state index in [-0.39, 0.29) is 0 Å². The lowest BCUT2D eigenvalue weighted by Crippen LogP contribution is -2.69. The van der Waals surface area contributed by atoms with Gasteiger partial charge in [0.25, 0.3) is 0 Å². The van der Waals surface area contributed by atoms with Crippen molar-refractivity contribution in [3.63, 3.8) is 0 Å². The van der Waals surface area contributed by atoms with E-state index >= 15 is 0 Å². The Labute approximate surface area is 324 Å². The van der Waals surface area contributed by atoms with Gasteiger partial charge in [0.05, 0.1) is 32.0 Å². The summed E-state index contributed by atoms with van der Waals surface area (Å²) in [5, 5.41) is 151. The van der Waals surface area contributed by atoms with Gasteiger partial charge in [0, 0.05) is 6.92 Å². The fourth-order valence-corrected chi connectivity index (χ4v) is 7.26. The van der Waals surface area contributed by atoms with Crippen molar-refractivity contribution >= 4 is 5.91 Å². The molecule has 15 N–H and O–H groups in total. The van der Waals surface area contributed by atoms with E-state index in [9.17, 15) is 76.3 Å². The smallest absolute Gasteiger partial charge is 0.217 e. The highest BCUT2D eigenvalue weighted by molar-refractivity contribution is 5.73. The number of hydrogen-bond acceptors (Lipinski definition) is 24. The van der Waals surface area contributed by atoms with Crippen molar-refractivity contribution in [2.45, 2.75) is 174 Å². The number of aliphatic hydroxyl groups excluding tert-OH is 14. The maximum atomic E-state index is 12.0. The Bertz CT molecular complexity index is 1290. The first-order valence-corrected chi connectivity index (χ1v) is 18.3. The van der Waals surface area contributed by atoms with Gasteiger partial charge in [-0.25, -0.2) is 0 Å². The predicted octanol–water partition coefficient (Wildman–Crippen LogP) is -9.73. The highest BCUT2D eigenvalue weighted by Gasteiger charge is 2.57. The van der Waals surface area contributed by atoms with Gasteiger partial charge in [-0.15, -0.1) is 0 Å². The van der Waals surface area contributed by atoms with Crippen LogP contribution in [-0.2, 0) is 47.4 Å². The molecule has 0 bridgehead atoms. The van der Waals surface area contributed by atoms with E-state index in [4.69, 9.17) is 42.6 Å². The average molecular weight is 838 g/mol. The second-order valence-corrected chi connectivity index (χ2v) is 14.7. The molecule has 25 atom stereocenters. The van der Waals surface area contributed by atoms with Crippen molar-refractivity contribution in [2.75, 3.05) is 19.8 Å². The molecule has 5 heterocycles. The van der Waals surface area contributed by atoms with Crippen LogP contribution in [0.25, 0.3) is 0 Å². The van der Waals surface area contributed by atoms with E-state index in [1.165, 1.54) is 13.8 Å². The Hall–Kier alpha value is -1.45. The number of nitrogens with one attached hydrogen (secondary N) is 1. The average Bonchev–Trinajstić information content (AvgIpc) is 3.17. The summed E-state index contributed by atoms with van der Waals surface area (Å²) in [7, 11) is 0. The molecule has 0 saturated carbocycles. The van der Waals surface area contributed by atoms with Crippen LogP contribution in [0, 0.1) is 0 Å². The van der Waals surface area contributed by atoms with Gasteiger partial charge in [-0.2, -0.15) is 0 Å². The van der Waals surface area contributed by atoms with Crippen molar-refractivity contribution in [2.24, 2.45) is 0 Å². The lowest BCUT2D eigenvalue weighted by Gasteiger charge is -2.50. The molecule has 0 aromatic rings.